The van der Waals surface area contributed by atoms with E-state index in [4.69, 9.17) is 17.3 Å². The molecule has 0 aliphatic rings. The normalized spacial score (nSPS) is 12.9. The third-order valence-electron chi connectivity index (χ3n) is 1.76. The molecule has 0 saturated heterocycles. The maximum atomic E-state index is 5.90. The zero-order valence-corrected chi connectivity index (χ0v) is 9.45. The van der Waals surface area contributed by atoms with Crippen LogP contribution in [0.3, 0.4) is 0 Å². The van der Waals surface area contributed by atoms with Crippen molar-refractivity contribution in [3.63, 3.8) is 0 Å². The highest BCUT2D eigenvalue weighted by molar-refractivity contribution is 7.99. The summed E-state index contributed by atoms with van der Waals surface area (Å²) in [4.78, 5) is 1.24. The minimum Gasteiger partial charge on any atom is -0.324 e. The van der Waals surface area contributed by atoms with E-state index >= 15 is 0 Å². The largest absolute Gasteiger partial charge is 0.324 e. The molecule has 1 aromatic rings. The average molecular weight is 216 g/mol. The van der Waals surface area contributed by atoms with Crippen molar-refractivity contribution in [2.75, 3.05) is 5.75 Å². The van der Waals surface area contributed by atoms with Gasteiger partial charge in [0.1, 0.15) is 0 Å². The van der Waals surface area contributed by atoms with Gasteiger partial charge in [0.25, 0.3) is 0 Å². The molecule has 1 nitrogen and oxygen atoms in total. The fourth-order valence-corrected chi connectivity index (χ4v) is 2.23. The van der Waals surface area contributed by atoms with E-state index < -0.39 is 0 Å². The van der Waals surface area contributed by atoms with Crippen LogP contribution in [-0.2, 0) is 0 Å². The van der Waals surface area contributed by atoms with Crippen molar-refractivity contribution in [2.45, 2.75) is 24.8 Å². The number of benzene rings is 1. The summed E-state index contributed by atoms with van der Waals surface area (Å²) in [5.74, 6) is 1.06. The van der Waals surface area contributed by atoms with Crippen LogP contribution in [0.2, 0.25) is 5.02 Å². The third-order valence-corrected chi connectivity index (χ3v) is 2.97. The van der Waals surface area contributed by atoms with Gasteiger partial charge in [-0.2, -0.15) is 0 Å². The Morgan fingerprint density at radius 1 is 1.54 bits per heavy atom. The first-order valence-corrected chi connectivity index (χ1v) is 5.69. The van der Waals surface area contributed by atoms with E-state index in [1.807, 2.05) is 25.1 Å². The van der Waals surface area contributed by atoms with Gasteiger partial charge in [-0.05, 0) is 36.4 Å². The zero-order valence-electron chi connectivity index (χ0n) is 7.88. The second-order valence-electron chi connectivity index (χ2n) is 2.90. The van der Waals surface area contributed by atoms with E-state index in [2.05, 4.69) is 6.92 Å². The Morgan fingerprint density at radius 3 is 2.77 bits per heavy atom. The summed E-state index contributed by atoms with van der Waals surface area (Å²) in [6, 6.07) is 5.94. The molecule has 0 bridgehead atoms. The molecular weight excluding hydrogens is 202 g/mol. The van der Waals surface area contributed by atoms with Crippen LogP contribution in [0.15, 0.2) is 23.1 Å². The molecule has 0 spiro atoms. The SMILES string of the molecule is CCSc1ccc(Cl)cc1C(C)N. The lowest BCUT2D eigenvalue weighted by molar-refractivity contribution is 0.797. The van der Waals surface area contributed by atoms with Gasteiger partial charge in [0.05, 0.1) is 0 Å². The molecule has 0 saturated carbocycles. The van der Waals surface area contributed by atoms with E-state index in [0.717, 1.165) is 16.3 Å². The Morgan fingerprint density at radius 2 is 2.23 bits per heavy atom. The quantitative estimate of drug-likeness (QED) is 0.782. The number of rotatable bonds is 3. The van der Waals surface area contributed by atoms with E-state index in [0.29, 0.717) is 0 Å². The van der Waals surface area contributed by atoms with Crippen molar-refractivity contribution in [3.05, 3.63) is 28.8 Å². The lowest BCUT2D eigenvalue weighted by atomic mass is 10.1. The Balaban J connectivity index is 3.03. The first kappa shape index (κ1) is 10.9. The van der Waals surface area contributed by atoms with Crippen molar-refractivity contribution in [1.29, 1.82) is 0 Å². The molecule has 1 atom stereocenters. The molecule has 72 valence electrons. The average Bonchev–Trinajstić information content (AvgIpc) is 2.08. The van der Waals surface area contributed by atoms with E-state index in [1.54, 1.807) is 11.8 Å². The Kier molecular flexibility index (Phi) is 4.10. The highest BCUT2D eigenvalue weighted by Crippen LogP contribution is 2.28. The van der Waals surface area contributed by atoms with Gasteiger partial charge in [0.15, 0.2) is 0 Å². The second-order valence-corrected chi connectivity index (χ2v) is 4.65. The van der Waals surface area contributed by atoms with Crippen molar-refractivity contribution in [3.8, 4) is 0 Å². The number of halogens is 1. The van der Waals surface area contributed by atoms with Gasteiger partial charge in [-0.3, -0.25) is 0 Å². The smallest absolute Gasteiger partial charge is 0.0410 e. The highest BCUT2D eigenvalue weighted by atomic mass is 35.5. The minimum atomic E-state index is 0.0488. The van der Waals surface area contributed by atoms with Crippen LogP contribution in [0.5, 0.6) is 0 Å². The van der Waals surface area contributed by atoms with Crippen LogP contribution in [0, 0.1) is 0 Å². The molecule has 1 aromatic carbocycles. The molecule has 0 amide bonds. The molecule has 13 heavy (non-hydrogen) atoms. The molecule has 1 unspecified atom stereocenters. The number of hydrogen-bond acceptors (Lipinski definition) is 2. The minimum absolute atomic E-state index is 0.0488. The first-order chi connectivity index (χ1) is 6.15. The van der Waals surface area contributed by atoms with E-state index in [1.165, 1.54) is 4.90 Å². The number of hydrogen-bond donors (Lipinski definition) is 1. The summed E-state index contributed by atoms with van der Waals surface area (Å²) in [7, 11) is 0. The molecule has 0 radical (unpaired) electrons. The van der Waals surface area contributed by atoms with Gasteiger partial charge in [-0.15, -0.1) is 11.8 Å². The molecule has 0 aromatic heterocycles. The summed E-state index contributed by atoms with van der Waals surface area (Å²) < 4.78 is 0. The lowest BCUT2D eigenvalue weighted by Crippen LogP contribution is -2.06. The molecule has 0 fully saturated rings. The second kappa shape index (κ2) is 4.89. The molecule has 2 N–H and O–H groups in total. The Labute approximate surface area is 88.7 Å². The number of nitrogens with two attached hydrogens (primary N) is 1. The van der Waals surface area contributed by atoms with E-state index in [9.17, 15) is 0 Å². The molecule has 0 heterocycles. The standard InChI is InChI=1S/C10H14ClNS/c1-3-13-10-5-4-8(11)6-9(10)7(2)12/h4-7H,3,12H2,1-2H3. The molecule has 0 aliphatic carbocycles. The Hall–Kier alpha value is -0.180. The maximum absolute atomic E-state index is 5.90. The first-order valence-electron chi connectivity index (χ1n) is 4.33. The lowest BCUT2D eigenvalue weighted by Gasteiger charge is -2.11. The molecule has 1 rings (SSSR count). The van der Waals surface area contributed by atoms with Gasteiger partial charge in [-0.25, -0.2) is 0 Å². The van der Waals surface area contributed by atoms with Crippen molar-refractivity contribution >= 4 is 23.4 Å². The van der Waals surface area contributed by atoms with Crippen LogP contribution in [0.25, 0.3) is 0 Å². The predicted molar refractivity (Wildman–Crippen MR) is 60.5 cm³/mol. The molecule has 0 aliphatic heterocycles. The van der Waals surface area contributed by atoms with Gasteiger partial charge in [0, 0.05) is 16.0 Å². The summed E-state index contributed by atoms with van der Waals surface area (Å²) in [6.07, 6.45) is 0. The topological polar surface area (TPSA) is 26.0 Å². The fourth-order valence-electron chi connectivity index (χ4n) is 1.16. The highest BCUT2D eigenvalue weighted by Gasteiger charge is 2.06. The van der Waals surface area contributed by atoms with Crippen LogP contribution in [0.4, 0.5) is 0 Å². The third kappa shape index (κ3) is 2.90. The fraction of sp³-hybridized carbons (Fsp3) is 0.400. The maximum Gasteiger partial charge on any atom is 0.0410 e. The van der Waals surface area contributed by atoms with Gasteiger partial charge >= 0.3 is 0 Å². The van der Waals surface area contributed by atoms with Crippen LogP contribution >= 0.6 is 23.4 Å². The molecular formula is C10H14ClNS. The van der Waals surface area contributed by atoms with Crippen LogP contribution in [0.1, 0.15) is 25.5 Å². The van der Waals surface area contributed by atoms with Crippen molar-refractivity contribution in [2.24, 2.45) is 5.73 Å². The Bertz CT molecular complexity index is 286. The van der Waals surface area contributed by atoms with Gasteiger partial charge in [0.2, 0.25) is 0 Å². The number of thioether (sulfide) groups is 1. The summed E-state index contributed by atoms with van der Waals surface area (Å²) in [5, 5.41) is 0.757. The van der Waals surface area contributed by atoms with Crippen LogP contribution < -0.4 is 5.73 Å². The van der Waals surface area contributed by atoms with E-state index in [-0.39, 0.29) is 6.04 Å². The zero-order chi connectivity index (χ0) is 9.84. The van der Waals surface area contributed by atoms with Gasteiger partial charge < -0.3 is 5.73 Å². The predicted octanol–water partition coefficient (Wildman–Crippen LogP) is 3.47. The summed E-state index contributed by atoms with van der Waals surface area (Å²) in [5.41, 5.74) is 6.98. The van der Waals surface area contributed by atoms with Gasteiger partial charge in [-0.1, -0.05) is 18.5 Å². The summed E-state index contributed by atoms with van der Waals surface area (Å²) in [6.45, 7) is 4.11. The summed E-state index contributed by atoms with van der Waals surface area (Å²) >= 11 is 7.70. The van der Waals surface area contributed by atoms with Crippen molar-refractivity contribution in [1.82, 2.24) is 0 Å². The molecule has 3 heteroatoms. The van der Waals surface area contributed by atoms with Crippen molar-refractivity contribution < 1.29 is 0 Å². The monoisotopic (exact) mass is 215 g/mol. The van der Waals surface area contributed by atoms with Crippen LogP contribution in [-0.4, -0.2) is 5.75 Å².